The molecular weight excluding hydrogens is 242 g/mol. The topological polar surface area (TPSA) is 67.2 Å². The van der Waals surface area contributed by atoms with Crippen molar-refractivity contribution in [1.82, 2.24) is 15.8 Å². The summed E-state index contributed by atoms with van der Waals surface area (Å²) >= 11 is 0. The quantitative estimate of drug-likeness (QED) is 0.855. The van der Waals surface area contributed by atoms with Crippen LogP contribution in [0.1, 0.15) is 55.4 Å². The van der Waals surface area contributed by atoms with E-state index in [-0.39, 0.29) is 17.4 Å². The van der Waals surface area contributed by atoms with Gasteiger partial charge in [-0.2, -0.15) is 0 Å². The molecule has 5 heteroatoms. The molecule has 1 saturated heterocycles. The highest BCUT2D eigenvalue weighted by atomic mass is 16.5. The summed E-state index contributed by atoms with van der Waals surface area (Å²) < 4.78 is 5.21. The van der Waals surface area contributed by atoms with Gasteiger partial charge in [-0.3, -0.25) is 4.79 Å². The average molecular weight is 265 g/mol. The van der Waals surface area contributed by atoms with Crippen LogP contribution < -0.4 is 10.6 Å². The van der Waals surface area contributed by atoms with Crippen molar-refractivity contribution in [3.8, 4) is 0 Å². The normalized spacial score (nSPS) is 17.5. The first-order valence-electron chi connectivity index (χ1n) is 6.88. The third kappa shape index (κ3) is 3.15. The highest BCUT2D eigenvalue weighted by molar-refractivity contribution is 5.96. The molecule has 0 aliphatic carbocycles. The summed E-state index contributed by atoms with van der Waals surface area (Å²) in [6, 6.07) is 0.246. The molecule has 1 aromatic rings. The van der Waals surface area contributed by atoms with Gasteiger partial charge in [-0.15, -0.1) is 0 Å². The maximum Gasteiger partial charge on any atom is 0.257 e. The van der Waals surface area contributed by atoms with Crippen molar-refractivity contribution in [2.45, 2.75) is 52.0 Å². The van der Waals surface area contributed by atoms with Crippen LogP contribution in [0, 0.1) is 6.92 Å². The minimum absolute atomic E-state index is 0.0597. The van der Waals surface area contributed by atoms with Crippen LogP contribution in [0.5, 0.6) is 0 Å². The Labute approximate surface area is 114 Å². The van der Waals surface area contributed by atoms with Crippen molar-refractivity contribution in [3.63, 3.8) is 0 Å². The number of carbonyl (C=O) groups excluding carboxylic acids is 1. The lowest BCUT2D eigenvalue weighted by Crippen LogP contribution is -2.43. The molecule has 0 bridgehead atoms. The van der Waals surface area contributed by atoms with Gasteiger partial charge in [0.2, 0.25) is 0 Å². The Morgan fingerprint density at radius 1 is 1.37 bits per heavy atom. The number of hydrogen-bond donors (Lipinski definition) is 2. The molecule has 106 valence electrons. The monoisotopic (exact) mass is 265 g/mol. The molecule has 1 amide bonds. The largest absolute Gasteiger partial charge is 0.361 e. The molecule has 0 atom stereocenters. The van der Waals surface area contributed by atoms with Crippen LogP contribution in [-0.4, -0.2) is 30.2 Å². The fraction of sp³-hybridized carbons (Fsp3) is 0.714. The second kappa shape index (κ2) is 5.33. The molecule has 1 aliphatic rings. The molecule has 1 aromatic heterocycles. The van der Waals surface area contributed by atoms with E-state index in [9.17, 15) is 4.79 Å². The van der Waals surface area contributed by atoms with Crippen molar-refractivity contribution in [2.24, 2.45) is 0 Å². The van der Waals surface area contributed by atoms with Gasteiger partial charge in [0.15, 0.2) is 0 Å². The van der Waals surface area contributed by atoms with Crippen LogP contribution in [-0.2, 0) is 5.41 Å². The zero-order chi connectivity index (χ0) is 14.0. The van der Waals surface area contributed by atoms with Crippen LogP contribution in [0.15, 0.2) is 4.52 Å². The molecule has 2 N–H and O–H groups in total. The molecule has 5 nitrogen and oxygen atoms in total. The van der Waals surface area contributed by atoms with Gasteiger partial charge in [-0.1, -0.05) is 25.9 Å². The van der Waals surface area contributed by atoms with E-state index in [1.165, 1.54) is 0 Å². The van der Waals surface area contributed by atoms with Gasteiger partial charge in [0.1, 0.15) is 17.0 Å². The number of aromatic nitrogens is 1. The molecular formula is C14H23N3O2. The predicted molar refractivity (Wildman–Crippen MR) is 73.3 cm³/mol. The van der Waals surface area contributed by atoms with E-state index in [4.69, 9.17) is 4.52 Å². The van der Waals surface area contributed by atoms with E-state index in [1.807, 2.05) is 20.8 Å². The second-order valence-corrected chi connectivity index (χ2v) is 6.21. The fourth-order valence-corrected chi connectivity index (χ4v) is 2.38. The first kappa shape index (κ1) is 14.1. The molecule has 0 radical (unpaired) electrons. The average Bonchev–Trinajstić information content (AvgIpc) is 2.72. The molecule has 1 aliphatic heterocycles. The Bertz CT molecular complexity index is 454. The van der Waals surface area contributed by atoms with Gasteiger partial charge in [0.25, 0.3) is 5.91 Å². The van der Waals surface area contributed by atoms with Crippen LogP contribution in [0.4, 0.5) is 0 Å². The molecule has 1 fully saturated rings. The Morgan fingerprint density at radius 3 is 2.58 bits per heavy atom. The van der Waals surface area contributed by atoms with E-state index in [1.54, 1.807) is 6.92 Å². The third-order valence-corrected chi connectivity index (χ3v) is 3.47. The number of carbonyl (C=O) groups is 1. The zero-order valence-electron chi connectivity index (χ0n) is 12.2. The number of amides is 1. The van der Waals surface area contributed by atoms with Gasteiger partial charge >= 0.3 is 0 Å². The van der Waals surface area contributed by atoms with E-state index >= 15 is 0 Å². The molecule has 0 spiro atoms. The van der Waals surface area contributed by atoms with Gasteiger partial charge in [-0.05, 0) is 32.9 Å². The zero-order valence-corrected chi connectivity index (χ0v) is 12.2. The van der Waals surface area contributed by atoms with E-state index in [0.717, 1.165) is 31.6 Å². The highest BCUT2D eigenvalue weighted by Crippen LogP contribution is 2.27. The fourth-order valence-electron chi connectivity index (χ4n) is 2.38. The Kier molecular flexibility index (Phi) is 3.94. The summed E-state index contributed by atoms with van der Waals surface area (Å²) in [6.07, 6.45) is 1.95. The van der Waals surface area contributed by atoms with Crippen molar-refractivity contribution >= 4 is 5.91 Å². The first-order valence-corrected chi connectivity index (χ1v) is 6.88. The van der Waals surface area contributed by atoms with Crippen molar-refractivity contribution < 1.29 is 9.32 Å². The number of piperidine rings is 1. The number of nitrogens with one attached hydrogen (secondary N) is 2. The minimum Gasteiger partial charge on any atom is -0.361 e. The predicted octanol–water partition coefficient (Wildman–Crippen LogP) is 1.76. The highest BCUT2D eigenvalue weighted by Gasteiger charge is 2.29. The molecule has 0 saturated carbocycles. The van der Waals surface area contributed by atoms with E-state index in [0.29, 0.717) is 11.3 Å². The van der Waals surface area contributed by atoms with Crippen LogP contribution in [0.3, 0.4) is 0 Å². The van der Waals surface area contributed by atoms with Crippen molar-refractivity contribution in [2.75, 3.05) is 13.1 Å². The van der Waals surface area contributed by atoms with Crippen LogP contribution in [0.25, 0.3) is 0 Å². The lowest BCUT2D eigenvalue weighted by Gasteiger charge is -2.24. The lowest BCUT2D eigenvalue weighted by molar-refractivity contribution is 0.0926. The minimum atomic E-state index is -0.196. The third-order valence-electron chi connectivity index (χ3n) is 3.47. The number of nitrogens with zero attached hydrogens (tertiary/aromatic N) is 1. The summed E-state index contributed by atoms with van der Waals surface area (Å²) in [5, 5.41) is 10.4. The Hall–Kier alpha value is -1.36. The second-order valence-electron chi connectivity index (χ2n) is 6.21. The van der Waals surface area contributed by atoms with Crippen LogP contribution >= 0.6 is 0 Å². The number of aryl methyl sites for hydroxylation is 1. The summed E-state index contributed by atoms with van der Waals surface area (Å²) in [6.45, 7) is 9.81. The molecule has 0 unspecified atom stereocenters. The van der Waals surface area contributed by atoms with Gasteiger partial charge in [-0.25, -0.2) is 0 Å². The Morgan fingerprint density at radius 2 is 2.00 bits per heavy atom. The summed E-state index contributed by atoms with van der Waals surface area (Å²) in [5.74, 6) is 0.534. The molecule has 0 aromatic carbocycles. The van der Waals surface area contributed by atoms with E-state index < -0.39 is 0 Å². The summed E-state index contributed by atoms with van der Waals surface area (Å²) in [4.78, 5) is 12.4. The Balaban J connectivity index is 2.16. The van der Waals surface area contributed by atoms with Gasteiger partial charge in [0.05, 0.1) is 0 Å². The standard InChI is InChI=1S/C14H23N3O2/c1-9-11(12(17-19-9)14(2,3)4)13(18)16-10-5-7-15-8-6-10/h10,15H,5-8H2,1-4H3,(H,16,18). The van der Waals surface area contributed by atoms with Gasteiger partial charge < -0.3 is 15.2 Å². The lowest BCUT2D eigenvalue weighted by atomic mass is 9.88. The maximum absolute atomic E-state index is 12.4. The summed E-state index contributed by atoms with van der Waals surface area (Å²) in [5.41, 5.74) is 1.14. The summed E-state index contributed by atoms with van der Waals surface area (Å²) in [7, 11) is 0. The van der Waals surface area contributed by atoms with Crippen LogP contribution in [0.2, 0.25) is 0 Å². The van der Waals surface area contributed by atoms with Crippen molar-refractivity contribution in [1.29, 1.82) is 0 Å². The number of hydrogen-bond acceptors (Lipinski definition) is 4. The molecule has 2 rings (SSSR count). The molecule has 19 heavy (non-hydrogen) atoms. The number of rotatable bonds is 2. The van der Waals surface area contributed by atoms with Crippen molar-refractivity contribution in [3.05, 3.63) is 17.0 Å². The smallest absolute Gasteiger partial charge is 0.257 e. The SMILES string of the molecule is Cc1onc(C(C)(C)C)c1C(=O)NC1CCNCC1. The van der Waals surface area contributed by atoms with Gasteiger partial charge in [0, 0.05) is 11.5 Å². The molecule has 2 heterocycles. The first-order chi connectivity index (χ1) is 8.89. The van der Waals surface area contributed by atoms with E-state index in [2.05, 4.69) is 15.8 Å². The maximum atomic E-state index is 12.4.